The molecule has 0 aromatic rings. The molecule has 1 atom stereocenters. The molecule has 0 aliphatic carbocycles. The number of hydrogen-bond acceptors (Lipinski definition) is 5. The number of ether oxygens (including phenoxy) is 1. The fourth-order valence-corrected chi connectivity index (χ4v) is 4.29. The first kappa shape index (κ1) is 19.0. The van der Waals surface area contributed by atoms with Gasteiger partial charge in [0, 0.05) is 25.9 Å². The lowest BCUT2D eigenvalue weighted by atomic mass is 10.5. The zero-order valence-corrected chi connectivity index (χ0v) is 14.8. The Morgan fingerprint density at radius 2 is 1.58 bits per heavy atom. The molecular formula is C12H25BrO5Si. The van der Waals surface area contributed by atoms with Gasteiger partial charge in [0.1, 0.15) is 4.83 Å². The Hall–Kier alpha value is 0.0469. The van der Waals surface area contributed by atoms with Gasteiger partial charge in [-0.15, -0.1) is 0 Å². The summed E-state index contributed by atoms with van der Waals surface area (Å²) in [5, 5.41) is 0. The molecule has 7 heteroatoms. The van der Waals surface area contributed by atoms with E-state index in [0.717, 1.165) is 0 Å². The first-order valence-electron chi connectivity index (χ1n) is 6.73. The molecule has 0 aromatic carbocycles. The average Bonchev–Trinajstić information content (AvgIpc) is 2.35. The largest absolute Gasteiger partial charge is 0.501 e. The van der Waals surface area contributed by atoms with Crippen LogP contribution in [0.3, 0.4) is 0 Å². The molecule has 0 heterocycles. The van der Waals surface area contributed by atoms with E-state index in [-0.39, 0.29) is 10.8 Å². The van der Waals surface area contributed by atoms with Crippen LogP contribution in [0.1, 0.15) is 34.1 Å². The van der Waals surface area contributed by atoms with Crippen molar-refractivity contribution in [1.82, 2.24) is 0 Å². The van der Waals surface area contributed by atoms with Crippen LogP contribution in [-0.4, -0.2) is 46.0 Å². The third-order valence-corrected chi connectivity index (χ3v) is 5.81. The van der Waals surface area contributed by atoms with Crippen molar-refractivity contribution in [3.8, 4) is 0 Å². The van der Waals surface area contributed by atoms with Crippen LogP contribution in [0.5, 0.6) is 0 Å². The van der Waals surface area contributed by atoms with Crippen LogP contribution in [-0.2, 0) is 22.8 Å². The summed E-state index contributed by atoms with van der Waals surface area (Å²) in [6.45, 7) is 9.54. The summed E-state index contributed by atoms with van der Waals surface area (Å²) in [6, 6.07) is 0.659. The van der Waals surface area contributed by atoms with Gasteiger partial charge in [0.05, 0.1) is 6.61 Å². The van der Waals surface area contributed by atoms with Gasteiger partial charge < -0.3 is 18.0 Å². The molecule has 0 unspecified atom stereocenters. The molecule has 0 fully saturated rings. The predicted molar refractivity (Wildman–Crippen MR) is 79.4 cm³/mol. The van der Waals surface area contributed by atoms with Gasteiger partial charge >= 0.3 is 14.8 Å². The molecule has 5 nitrogen and oxygen atoms in total. The summed E-state index contributed by atoms with van der Waals surface area (Å²) < 4.78 is 22.2. The first-order valence-corrected chi connectivity index (χ1v) is 9.58. The number of halogens is 1. The van der Waals surface area contributed by atoms with Gasteiger partial charge in [-0.1, -0.05) is 15.9 Å². The highest BCUT2D eigenvalue weighted by molar-refractivity contribution is 9.10. The molecule has 0 N–H and O–H groups in total. The second-order valence-electron chi connectivity index (χ2n) is 3.87. The van der Waals surface area contributed by atoms with Crippen molar-refractivity contribution in [1.29, 1.82) is 0 Å². The Balaban J connectivity index is 4.20. The lowest BCUT2D eigenvalue weighted by Gasteiger charge is -2.28. The fourth-order valence-electron chi connectivity index (χ4n) is 1.58. The minimum atomic E-state index is -2.60. The topological polar surface area (TPSA) is 54.0 Å². The molecule has 0 amide bonds. The lowest BCUT2D eigenvalue weighted by Crippen LogP contribution is -2.46. The number of rotatable bonds is 11. The van der Waals surface area contributed by atoms with Crippen LogP contribution in [0, 0.1) is 0 Å². The maximum atomic E-state index is 11.3. The Bertz CT molecular complexity index is 233. The van der Waals surface area contributed by atoms with Gasteiger partial charge in [0.25, 0.3) is 0 Å². The van der Waals surface area contributed by atoms with E-state index in [0.29, 0.717) is 38.9 Å². The van der Waals surface area contributed by atoms with Gasteiger partial charge in [-0.05, 0) is 34.1 Å². The van der Waals surface area contributed by atoms with E-state index >= 15 is 0 Å². The van der Waals surface area contributed by atoms with Gasteiger partial charge in [-0.2, -0.15) is 0 Å². The molecule has 0 aromatic heterocycles. The van der Waals surface area contributed by atoms with Gasteiger partial charge in [-0.25, -0.2) is 0 Å². The number of carbonyl (C=O) groups is 1. The van der Waals surface area contributed by atoms with E-state index in [2.05, 4.69) is 15.9 Å². The highest BCUT2D eigenvalue weighted by atomic mass is 79.9. The average molecular weight is 357 g/mol. The highest BCUT2D eigenvalue weighted by Gasteiger charge is 2.39. The second-order valence-corrected chi connectivity index (χ2v) is 7.97. The van der Waals surface area contributed by atoms with E-state index in [1.165, 1.54) is 0 Å². The Morgan fingerprint density at radius 1 is 1.11 bits per heavy atom. The van der Waals surface area contributed by atoms with Crippen molar-refractivity contribution in [3.63, 3.8) is 0 Å². The van der Waals surface area contributed by atoms with Gasteiger partial charge in [0.2, 0.25) is 0 Å². The van der Waals surface area contributed by atoms with E-state index < -0.39 is 8.80 Å². The smallest absolute Gasteiger partial charge is 0.465 e. The minimum absolute atomic E-state index is 0.253. The first-order chi connectivity index (χ1) is 9.01. The Morgan fingerprint density at radius 3 is 1.95 bits per heavy atom. The summed E-state index contributed by atoms with van der Waals surface area (Å²) in [4.78, 5) is 11.0. The monoisotopic (exact) mass is 356 g/mol. The molecule has 0 aliphatic heterocycles. The molecule has 0 bridgehead atoms. The molecule has 0 rings (SSSR count). The lowest BCUT2D eigenvalue weighted by molar-refractivity contribution is -0.142. The molecule has 0 saturated carbocycles. The highest BCUT2D eigenvalue weighted by Crippen LogP contribution is 2.18. The Labute approximate surface area is 125 Å². The zero-order valence-electron chi connectivity index (χ0n) is 12.2. The number of esters is 1. The van der Waals surface area contributed by atoms with Gasteiger partial charge in [0.15, 0.2) is 0 Å². The normalized spacial score (nSPS) is 13.3. The third kappa shape index (κ3) is 8.04. The van der Waals surface area contributed by atoms with Crippen molar-refractivity contribution >= 4 is 30.7 Å². The summed E-state index contributed by atoms with van der Waals surface area (Å²) in [5.41, 5.74) is 0. The summed E-state index contributed by atoms with van der Waals surface area (Å²) >= 11 is 3.17. The van der Waals surface area contributed by atoms with Crippen molar-refractivity contribution in [2.24, 2.45) is 0 Å². The van der Waals surface area contributed by atoms with E-state index in [4.69, 9.17) is 18.0 Å². The van der Waals surface area contributed by atoms with Crippen LogP contribution in [0.2, 0.25) is 6.04 Å². The molecule has 0 saturated heterocycles. The van der Waals surface area contributed by atoms with E-state index in [1.807, 2.05) is 20.8 Å². The fraction of sp³-hybridized carbons (Fsp3) is 0.917. The number of alkyl halides is 1. The third-order valence-electron chi connectivity index (χ3n) is 2.29. The van der Waals surface area contributed by atoms with Crippen molar-refractivity contribution < 1.29 is 22.8 Å². The zero-order chi connectivity index (χ0) is 14.7. The predicted octanol–water partition coefficient (Wildman–Crippen LogP) is 2.75. The van der Waals surface area contributed by atoms with Gasteiger partial charge in [-0.3, -0.25) is 4.79 Å². The van der Waals surface area contributed by atoms with Crippen LogP contribution >= 0.6 is 15.9 Å². The molecule has 0 aliphatic rings. The standard InChI is InChI=1S/C12H25BrO5Si/c1-5-16-19(17-6-2,18-7-3)10-8-9-15-12(14)11(4)13/h11H,5-10H2,1-4H3/t11-/m1/s1. The quantitative estimate of drug-likeness (QED) is 0.246. The van der Waals surface area contributed by atoms with Crippen molar-refractivity contribution in [2.75, 3.05) is 26.4 Å². The van der Waals surface area contributed by atoms with Crippen LogP contribution in [0.4, 0.5) is 0 Å². The van der Waals surface area contributed by atoms with Crippen LogP contribution in [0.15, 0.2) is 0 Å². The number of carbonyl (C=O) groups excluding carboxylic acids is 1. The maximum absolute atomic E-state index is 11.3. The molecule has 0 radical (unpaired) electrons. The summed E-state index contributed by atoms with van der Waals surface area (Å²) in [5.74, 6) is -0.253. The molecule has 0 spiro atoms. The summed E-state index contributed by atoms with van der Waals surface area (Å²) in [6.07, 6.45) is 0.678. The van der Waals surface area contributed by atoms with Crippen molar-refractivity contribution in [2.45, 2.75) is 45.0 Å². The summed E-state index contributed by atoms with van der Waals surface area (Å²) in [7, 11) is -2.60. The maximum Gasteiger partial charge on any atom is 0.501 e. The van der Waals surface area contributed by atoms with Crippen LogP contribution < -0.4 is 0 Å². The van der Waals surface area contributed by atoms with Crippen molar-refractivity contribution in [3.05, 3.63) is 0 Å². The minimum Gasteiger partial charge on any atom is -0.465 e. The Kier molecular flexibility index (Phi) is 10.8. The molecule has 114 valence electrons. The second kappa shape index (κ2) is 10.8. The van der Waals surface area contributed by atoms with E-state index in [9.17, 15) is 4.79 Å². The number of hydrogen-bond donors (Lipinski definition) is 0. The SMILES string of the molecule is CCO[Si](CCCOC(=O)[C@@H](C)Br)(OCC)OCC. The van der Waals surface area contributed by atoms with Crippen LogP contribution in [0.25, 0.3) is 0 Å². The molecule has 19 heavy (non-hydrogen) atoms. The van der Waals surface area contributed by atoms with E-state index in [1.54, 1.807) is 6.92 Å². The molecular weight excluding hydrogens is 332 g/mol.